The van der Waals surface area contributed by atoms with E-state index < -0.39 is 0 Å². The van der Waals surface area contributed by atoms with E-state index in [0.717, 1.165) is 5.92 Å². The molecule has 0 radical (unpaired) electrons. The summed E-state index contributed by atoms with van der Waals surface area (Å²) in [7, 11) is 0. The van der Waals surface area contributed by atoms with Crippen molar-refractivity contribution in [3.8, 4) is 11.1 Å². The molecule has 1 aliphatic carbocycles. The smallest absolute Gasteiger partial charge is 0.0150 e. The van der Waals surface area contributed by atoms with Gasteiger partial charge >= 0.3 is 0 Å². The number of thioether (sulfide) groups is 1. The van der Waals surface area contributed by atoms with Crippen molar-refractivity contribution in [3.05, 3.63) is 53.6 Å². The predicted molar refractivity (Wildman–Crippen MR) is 94.2 cm³/mol. The Bertz CT molecular complexity index is 592. The molecular weight excluding hydrogens is 272 g/mol. The van der Waals surface area contributed by atoms with Crippen molar-refractivity contribution >= 4 is 11.8 Å². The van der Waals surface area contributed by atoms with E-state index in [4.69, 9.17) is 0 Å². The zero-order valence-electron chi connectivity index (χ0n) is 13.1. The van der Waals surface area contributed by atoms with Gasteiger partial charge in [0, 0.05) is 4.90 Å². The summed E-state index contributed by atoms with van der Waals surface area (Å²) in [5.74, 6) is 0.797. The number of rotatable bonds is 3. The third kappa shape index (κ3) is 3.35. The number of hydrogen-bond donors (Lipinski definition) is 0. The lowest BCUT2D eigenvalue weighted by Crippen LogP contribution is -2.04. The van der Waals surface area contributed by atoms with Gasteiger partial charge in [-0.2, -0.15) is 0 Å². The highest BCUT2D eigenvalue weighted by atomic mass is 32.2. The van der Waals surface area contributed by atoms with Gasteiger partial charge in [-0.1, -0.05) is 55.7 Å². The Morgan fingerprint density at radius 3 is 2.29 bits per heavy atom. The lowest BCUT2D eigenvalue weighted by atomic mass is 9.84. The standard InChI is InChI=1S/C20H24S/c1-15-8-13-19(20(14-15)21-2)18-11-9-17(10-12-18)16-6-4-3-5-7-16/h8-14,16H,3-7H2,1-2H3. The molecule has 2 aromatic carbocycles. The highest BCUT2D eigenvalue weighted by molar-refractivity contribution is 7.98. The van der Waals surface area contributed by atoms with Gasteiger partial charge in [0.25, 0.3) is 0 Å². The normalized spacial score (nSPS) is 16.1. The molecule has 1 aliphatic rings. The molecule has 0 bridgehead atoms. The average molecular weight is 296 g/mol. The molecule has 0 N–H and O–H groups in total. The summed E-state index contributed by atoms with van der Waals surface area (Å²) in [5.41, 5.74) is 5.58. The zero-order chi connectivity index (χ0) is 14.7. The van der Waals surface area contributed by atoms with Crippen molar-refractivity contribution in [1.82, 2.24) is 0 Å². The molecule has 0 atom stereocenters. The van der Waals surface area contributed by atoms with Crippen LogP contribution in [0.5, 0.6) is 0 Å². The first-order valence-electron chi connectivity index (χ1n) is 8.03. The fourth-order valence-corrected chi connectivity index (χ4v) is 4.12. The molecule has 3 rings (SSSR count). The number of benzene rings is 2. The quantitative estimate of drug-likeness (QED) is 0.588. The van der Waals surface area contributed by atoms with Gasteiger partial charge in [0.2, 0.25) is 0 Å². The second kappa shape index (κ2) is 6.70. The fourth-order valence-electron chi connectivity index (χ4n) is 3.41. The molecule has 21 heavy (non-hydrogen) atoms. The first-order chi connectivity index (χ1) is 10.3. The Morgan fingerprint density at radius 2 is 1.62 bits per heavy atom. The summed E-state index contributed by atoms with van der Waals surface area (Å²) in [5, 5.41) is 0. The molecule has 110 valence electrons. The Labute approximate surface area is 133 Å². The van der Waals surface area contributed by atoms with E-state index in [1.807, 2.05) is 11.8 Å². The maximum Gasteiger partial charge on any atom is 0.0150 e. The van der Waals surface area contributed by atoms with E-state index in [1.54, 1.807) is 0 Å². The van der Waals surface area contributed by atoms with Crippen LogP contribution in [0.2, 0.25) is 0 Å². The zero-order valence-corrected chi connectivity index (χ0v) is 13.9. The first kappa shape index (κ1) is 14.7. The van der Waals surface area contributed by atoms with Gasteiger partial charge < -0.3 is 0 Å². The summed E-state index contributed by atoms with van der Waals surface area (Å²) in [6, 6.07) is 16.1. The first-order valence-corrected chi connectivity index (χ1v) is 9.25. The Morgan fingerprint density at radius 1 is 0.905 bits per heavy atom. The molecule has 0 aliphatic heterocycles. The summed E-state index contributed by atoms with van der Waals surface area (Å²) in [6.45, 7) is 2.16. The molecule has 0 spiro atoms. The molecule has 2 aromatic rings. The molecule has 0 saturated heterocycles. The van der Waals surface area contributed by atoms with Crippen molar-refractivity contribution in [2.24, 2.45) is 0 Å². The SMILES string of the molecule is CSc1cc(C)ccc1-c1ccc(C2CCCCC2)cc1. The van der Waals surface area contributed by atoms with Crippen molar-refractivity contribution in [2.45, 2.75) is 49.8 Å². The summed E-state index contributed by atoms with van der Waals surface area (Å²) in [6.07, 6.45) is 9.14. The van der Waals surface area contributed by atoms with Gasteiger partial charge in [0.1, 0.15) is 0 Å². The van der Waals surface area contributed by atoms with E-state index in [0.29, 0.717) is 0 Å². The highest BCUT2D eigenvalue weighted by Crippen LogP contribution is 2.35. The third-order valence-corrected chi connectivity index (χ3v) is 5.43. The van der Waals surface area contributed by atoms with E-state index in [2.05, 4.69) is 55.6 Å². The summed E-state index contributed by atoms with van der Waals surface area (Å²) < 4.78 is 0. The molecule has 1 saturated carbocycles. The molecule has 0 aromatic heterocycles. The van der Waals surface area contributed by atoms with Crippen LogP contribution < -0.4 is 0 Å². The maximum absolute atomic E-state index is 2.36. The van der Waals surface area contributed by atoms with Gasteiger partial charge in [0.05, 0.1) is 0 Å². The van der Waals surface area contributed by atoms with E-state index in [9.17, 15) is 0 Å². The van der Waals surface area contributed by atoms with Crippen molar-refractivity contribution in [3.63, 3.8) is 0 Å². The Kier molecular flexibility index (Phi) is 4.70. The van der Waals surface area contributed by atoms with Gasteiger partial charge in [0.15, 0.2) is 0 Å². The lowest BCUT2D eigenvalue weighted by molar-refractivity contribution is 0.443. The summed E-state index contributed by atoms with van der Waals surface area (Å²) >= 11 is 1.84. The van der Waals surface area contributed by atoms with Gasteiger partial charge in [-0.15, -0.1) is 11.8 Å². The predicted octanol–water partition coefficient (Wildman–Crippen LogP) is 6.43. The molecule has 1 fully saturated rings. The molecule has 1 heteroatoms. The second-order valence-corrected chi connectivity index (χ2v) is 7.01. The lowest BCUT2D eigenvalue weighted by Gasteiger charge is -2.22. The van der Waals surface area contributed by atoms with Crippen molar-refractivity contribution in [1.29, 1.82) is 0 Å². The minimum absolute atomic E-state index is 0.797. The maximum atomic E-state index is 2.36. The largest absolute Gasteiger partial charge is 0.129 e. The van der Waals surface area contributed by atoms with Gasteiger partial charge in [-0.3, -0.25) is 0 Å². The van der Waals surface area contributed by atoms with Crippen LogP contribution in [0.4, 0.5) is 0 Å². The monoisotopic (exact) mass is 296 g/mol. The van der Waals surface area contributed by atoms with Gasteiger partial charge in [-0.25, -0.2) is 0 Å². The number of aryl methyl sites for hydroxylation is 1. The summed E-state index contributed by atoms with van der Waals surface area (Å²) in [4.78, 5) is 1.38. The molecule has 0 amide bonds. The van der Waals surface area contributed by atoms with E-state index in [-0.39, 0.29) is 0 Å². The van der Waals surface area contributed by atoms with Gasteiger partial charge in [-0.05, 0) is 60.3 Å². The van der Waals surface area contributed by atoms with E-state index >= 15 is 0 Å². The Hall–Kier alpha value is -1.21. The van der Waals surface area contributed by atoms with Crippen LogP contribution >= 0.6 is 11.8 Å². The van der Waals surface area contributed by atoms with Crippen LogP contribution in [-0.2, 0) is 0 Å². The van der Waals surface area contributed by atoms with Crippen LogP contribution in [0.25, 0.3) is 11.1 Å². The second-order valence-electron chi connectivity index (χ2n) is 6.16. The van der Waals surface area contributed by atoms with Crippen molar-refractivity contribution < 1.29 is 0 Å². The Balaban J connectivity index is 1.87. The van der Waals surface area contributed by atoms with Crippen molar-refractivity contribution in [2.75, 3.05) is 6.26 Å². The van der Waals surface area contributed by atoms with Crippen LogP contribution in [0.1, 0.15) is 49.1 Å². The molecule has 0 nitrogen and oxygen atoms in total. The average Bonchev–Trinajstić information content (AvgIpc) is 2.56. The van der Waals surface area contributed by atoms with E-state index in [1.165, 1.54) is 59.3 Å². The molecule has 0 heterocycles. The van der Waals surface area contributed by atoms with Crippen LogP contribution in [-0.4, -0.2) is 6.26 Å². The molecular formula is C20H24S. The fraction of sp³-hybridized carbons (Fsp3) is 0.400. The minimum Gasteiger partial charge on any atom is -0.129 e. The van der Waals surface area contributed by atoms with Crippen LogP contribution in [0, 0.1) is 6.92 Å². The minimum atomic E-state index is 0.797. The molecule has 0 unspecified atom stereocenters. The number of hydrogen-bond acceptors (Lipinski definition) is 1. The van der Waals surface area contributed by atoms with Crippen LogP contribution in [0.3, 0.4) is 0 Å². The van der Waals surface area contributed by atoms with Crippen LogP contribution in [0.15, 0.2) is 47.4 Å². The topological polar surface area (TPSA) is 0 Å². The third-order valence-electron chi connectivity index (χ3n) is 4.66. The highest BCUT2D eigenvalue weighted by Gasteiger charge is 2.15.